The molecule has 19 heavy (non-hydrogen) atoms. The van der Waals surface area contributed by atoms with Gasteiger partial charge in [-0.15, -0.1) is 0 Å². The molecule has 2 rings (SSSR count). The molecule has 0 unspecified atom stereocenters. The van der Waals surface area contributed by atoms with Crippen LogP contribution in [0, 0.1) is 12.8 Å². The number of amides is 1. The van der Waals surface area contributed by atoms with Crippen LogP contribution in [0.25, 0.3) is 0 Å². The Morgan fingerprint density at radius 2 is 2.16 bits per heavy atom. The molecule has 104 valence electrons. The number of phenols is 1. The lowest BCUT2D eigenvalue weighted by atomic mass is 9.76. The Bertz CT molecular complexity index is 466. The molecule has 1 amide bonds. The van der Waals surface area contributed by atoms with Gasteiger partial charge in [-0.25, -0.2) is 0 Å². The van der Waals surface area contributed by atoms with Crippen molar-refractivity contribution in [2.45, 2.75) is 45.3 Å². The van der Waals surface area contributed by atoms with E-state index in [4.69, 9.17) is 0 Å². The van der Waals surface area contributed by atoms with Crippen LogP contribution in [0.3, 0.4) is 0 Å². The Labute approximate surface area is 113 Å². The van der Waals surface area contributed by atoms with E-state index in [1.54, 1.807) is 19.1 Å². The van der Waals surface area contributed by atoms with E-state index in [0.29, 0.717) is 17.0 Å². The van der Waals surface area contributed by atoms with Crippen molar-refractivity contribution >= 4 is 5.91 Å². The van der Waals surface area contributed by atoms with Gasteiger partial charge in [0.05, 0.1) is 6.10 Å². The predicted octanol–water partition coefficient (Wildman–Crippen LogP) is 1.98. The van der Waals surface area contributed by atoms with Crippen molar-refractivity contribution < 1.29 is 15.0 Å². The van der Waals surface area contributed by atoms with E-state index < -0.39 is 0 Å². The van der Waals surface area contributed by atoms with Gasteiger partial charge in [-0.3, -0.25) is 4.79 Å². The standard InChI is InChI=1S/C15H21NO3/c1-3-13(11-7-12(17)8-11)16-15(19)10-4-5-14(18)9(2)6-10/h4-6,11-13,17-18H,3,7-8H2,1-2H3,(H,16,19)/t11?,12?,13-/m0/s1. The van der Waals surface area contributed by atoms with Crippen LogP contribution in [0.2, 0.25) is 0 Å². The Morgan fingerprint density at radius 1 is 1.47 bits per heavy atom. The largest absolute Gasteiger partial charge is 0.508 e. The highest BCUT2D eigenvalue weighted by Gasteiger charge is 2.33. The van der Waals surface area contributed by atoms with Gasteiger partial charge in [0.2, 0.25) is 0 Å². The minimum absolute atomic E-state index is 0.115. The van der Waals surface area contributed by atoms with Crippen molar-refractivity contribution in [2.24, 2.45) is 5.92 Å². The van der Waals surface area contributed by atoms with Gasteiger partial charge in [0.1, 0.15) is 5.75 Å². The summed E-state index contributed by atoms with van der Waals surface area (Å²) in [6.45, 7) is 3.81. The third-order valence-corrected chi connectivity index (χ3v) is 3.93. The fourth-order valence-corrected chi connectivity index (χ4v) is 2.56. The molecule has 4 nitrogen and oxygen atoms in total. The van der Waals surface area contributed by atoms with E-state index in [2.05, 4.69) is 5.32 Å². The van der Waals surface area contributed by atoms with Crippen LogP contribution in [-0.2, 0) is 0 Å². The first-order valence-corrected chi connectivity index (χ1v) is 6.79. The van der Waals surface area contributed by atoms with Gasteiger partial charge in [-0.2, -0.15) is 0 Å². The van der Waals surface area contributed by atoms with Crippen LogP contribution < -0.4 is 5.32 Å². The van der Waals surface area contributed by atoms with E-state index in [0.717, 1.165) is 19.3 Å². The first-order chi connectivity index (χ1) is 9.01. The summed E-state index contributed by atoms with van der Waals surface area (Å²) in [6.07, 6.45) is 2.20. The number of carbonyl (C=O) groups excluding carboxylic acids is 1. The van der Waals surface area contributed by atoms with E-state index in [9.17, 15) is 15.0 Å². The van der Waals surface area contributed by atoms with Crippen molar-refractivity contribution in [1.82, 2.24) is 5.32 Å². The number of aromatic hydroxyl groups is 1. The van der Waals surface area contributed by atoms with Gasteiger partial charge < -0.3 is 15.5 Å². The molecule has 0 bridgehead atoms. The molecule has 1 atom stereocenters. The number of phenolic OH excluding ortho intramolecular Hbond substituents is 1. The lowest BCUT2D eigenvalue weighted by Crippen LogP contribution is -2.46. The Hall–Kier alpha value is -1.55. The van der Waals surface area contributed by atoms with E-state index in [-0.39, 0.29) is 23.8 Å². The maximum absolute atomic E-state index is 12.1. The number of nitrogens with one attached hydrogen (secondary N) is 1. The van der Waals surface area contributed by atoms with Crippen LogP contribution in [0.5, 0.6) is 5.75 Å². The number of aryl methyl sites for hydroxylation is 1. The number of aliphatic hydroxyl groups excluding tert-OH is 1. The Kier molecular flexibility index (Phi) is 4.10. The second-order valence-electron chi connectivity index (χ2n) is 5.37. The normalized spacial score (nSPS) is 23.5. The van der Waals surface area contributed by atoms with Gasteiger partial charge in [-0.1, -0.05) is 6.92 Å². The minimum Gasteiger partial charge on any atom is -0.508 e. The van der Waals surface area contributed by atoms with Crippen molar-refractivity contribution in [3.05, 3.63) is 29.3 Å². The summed E-state index contributed by atoms with van der Waals surface area (Å²) in [7, 11) is 0. The summed E-state index contributed by atoms with van der Waals surface area (Å²) in [4.78, 5) is 12.1. The molecule has 3 N–H and O–H groups in total. The average molecular weight is 263 g/mol. The molecule has 0 aliphatic heterocycles. The molecule has 0 aromatic heterocycles. The maximum atomic E-state index is 12.1. The van der Waals surface area contributed by atoms with Crippen LogP contribution in [0.15, 0.2) is 18.2 Å². The van der Waals surface area contributed by atoms with Crippen LogP contribution in [-0.4, -0.2) is 28.3 Å². The number of hydrogen-bond donors (Lipinski definition) is 3. The summed E-state index contributed by atoms with van der Waals surface area (Å²) in [5.41, 5.74) is 1.26. The molecule has 1 aliphatic rings. The van der Waals surface area contributed by atoms with Crippen molar-refractivity contribution in [2.75, 3.05) is 0 Å². The van der Waals surface area contributed by atoms with Gasteiger partial charge in [0, 0.05) is 11.6 Å². The zero-order valence-corrected chi connectivity index (χ0v) is 11.4. The molecular weight excluding hydrogens is 242 g/mol. The van der Waals surface area contributed by atoms with Crippen molar-refractivity contribution in [3.8, 4) is 5.75 Å². The fourth-order valence-electron chi connectivity index (χ4n) is 2.56. The van der Waals surface area contributed by atoms with Crippen molar-refractivity contribution in [1.29, 1.82) is 0 Å². The molecule has 1 fully saturated rings. The lowest BCUT2D eigenvalue weighted by molar-refractivity contribution is 0.0232. The van der Waals surface area contributed by atoms with Gasteiger partial charge in [0.15, 0.2) is 0 Å². The molecule has 1 saturated carbocycles. The second-order valence-corrected chi connectivity index (χ2v) is 5.37. The monoisotopic (exact) mass is 263 g/mol. The van der Waals surface area contributed by atoms with E-state index in [1.807, 2.05) is 6.92 Å². The zero-order valence-electron chi connectivity index (χ0n) is 11.4. The van der Waals surface area contributed by atoms with Gasteiger partial charge >= 0.3 is 0 Å². The maximum Gasteiger partial charge on any atom is 0.251 e. The van der Waals surface area contributed by atoms with Gasteiger partial charge in [-0.05, 0) is 55.9 Å². The number of rotatable bonds is 4. The minimum atomic E-state index is -0.202. The molecule has 4 heteroatoms. The van der Waals surface area contributed by atoms with Gasteiger partial charge in [0.25, 0.3) is 5.91 Å². The fraction of sp³-hybridized carbons (Fsp3) is 0.533. The quantitative estimate of drug-likeness (QED) is 0.778. The summed E-state index contributed by atoms with van der Waals surface area (Å²) < 4.78 is 0. The first-order valence-electron chi connectivity index (χ1n) is 6.79. The summed E-state index contributed by atoms with van der Waals surface area (Å²) in [5, 5.41) is 21.8. The van der Waals surface area contributed by atoms with Crippen molar-refractivity contribution in [3.63, 3.8) is 0 Å². The highest BCUT2D eigenvalue weighted by molar-refractivity contribution is 5.94. The molecule has 1 aromatic carbocycles. The number of benzene rings is 1. The molecule has 0 heterocycles. The summed E-state index contributed by atoms with van der Waals surface area (Å²) >= 11 is 0. The lowest BCUT2D eigenvalue weighted by Gasteiger charge is -2.37. The smallest absolute Gasteiger partial charge is 0.251 e. The number of hydrogen-bond acceptors (Lipinski definition) is 3. The Balaban J connectivity index is 2.00. The highest BCUT2D eigenvalue weighted by Crippen LogP contribution is 2.31. The number of carbonyl (C=O) groups is 1. The summed E-state index contributed by atoms with van der Waals surface area (Å²) in [5.74, 6) is 0.462. The molecular formula is C15H21NO3. The third kappa shape index (κ3) is 3.07. The SMILES string of the molecule is CC[C@H](NC(=O)c1ccc(O)c(C)c1)C1CC(O)C1. The number of aliphatic hydroxyl groups is 1. The topological polar surface area (TPSA) is 69.6 Å². The predicted molar refractivity (Wildman–Crippen MR) is 73.1 cm³/mol. The van der Waals surface area contributed by atoms with E-state index in [1.165, 1.54) is 6.07 Å². The molecule has 0 radical (unpaired) electrons. The average Bonchev–Trinajstić information content (AvgIpc) is 2.35. The highest BCUT2D eigenvalue weighted by atomic mass is 16.3. The van der Waals surface area contributed by atoms with Crippen LogP contribution >= 0.6 is 0 Å². The molecule has 1 aromatic rings. The van der Waals surface area contributed by atoms with Crippen LogP contribution in [0.1, 0.15) is 42.1 Å². The Morgan fingerprint density at radius 3 is 2.68 bits per heavy atom. The zero-order chi connectivity index (χ0) is 14.0. The first kappa shape index (κ1) is 13.9. The molecule has 1 aliphatic carbocycles. The molecule has 0 spiro atoms. The molecule has 0 saturated heterocycles. The van der Waals surface area contributed by atoms with E-state index >= 15 is 0 Å². The second kappa shape index (κ2) is 5.61. The summed E-state index contributed by atoms with van der Waals surface area (Å²) in [6, 6.07) is 4.97. The van der Waals surface area contributed by atoms with Crippen LogP contribution in [0.4, 0.5) is 0 Å². The third-order valence-electron chi connectivity index (χ3n) is 3.93.